The molecule has 2 aliphatic rings. The molecule has 4 aromatic rings. The van der Waals surface area contributed by atoms with E-state index in [-0.39, 0.29) is 17.9 Å². The first-order valence-electron chi connectivity index (χ1n) is 12.9. The van der Waals surface area contributed by atoms with Gasteiger partial charge in [0.25, 0.3) is 5.91 Å². The first kappa shape index (κ1) is 22.6. The van der Waals surface area contributed by atoms with Gasteiger partial charge in [-0.3, -0.25) is 9.59 Å². The second-order valence-electron chi connectivity index (χ2n) is 10.2. The Balaban J connectivity index is 1.32. The molecular formula is C31H31N3O2. The summed E-state index contributed by atoms with van der Waals surface area (Å²) in [7, 11) is 1.83. The number of para-hydroxylation sites is 1. The average molecular weight is 478 g/mol. The van der Waals surface area contributed by atoms with Gasteiger partial charge in [0.05, 0.1) is 12.0 Å². The monoisotopic (exact) mass is 477 g/mol. The molecule has 1 saturated heterocycles. The molecule has 0 bridgehead atoms. The molecule has 182 valence electrons. The van der Waals surface area contributed by atoms with Gasteiger partial charge in [-0.25, -0.2) is 0 Å². The molecule has 1 aromatic heterocycles. The number of carbonyl (C=O) groups excluding carboxylic acids is 2. The van der Waals surface area contributed by atoms with E-state index in [1.807, 2.05) is 60.6 Å². The van der Waals surface area contributed by atoms with Gasteiger partial charge in [0.15, 0.2) is 0 Å². The highest BCUT2D eigenvalue weighted by Crippen LogP contribution is 2.45. The molecule has 5 heteroatoms. The van der Waals surface area contributed by atoms with Crippen molar-refractivity contribution in [1.29, 1.82) is 0 Å². The number of aromatic amines is 1. The Labute approximate surface area is 211 Å². The third-order valence-corrected chi connectivity index (χ3v) is 8.08. The first-order valence-corrected chi connectivity index (χ1v) is 12.9. The fourth-order valence-corrected chi connectivity index (χ4v) is 6.17. The number of carbonyl (C=O) groups is 2. The van der Waals surface area contributed by atoms with E-state index in [4.69, 9.17) is 0 Å². The summed E-state index contributed by atoms with van der Waals surface area (Å²) in [5, 5.41) is 1.06. The van der Waals surface area contributed by atoms with Gasteiger partial charge in [0.2, 0.25) is 5.91 Å². The summed E-state index contributed by atoms with van der Waals surface area (Å²) in [6.45, 7) is 1.51. The lowest BCUT2D eigenvalue weighted by Crippen LogP contribution is -2.48. The minimum atomic E-state index is -0.436. The SMILES string of the molecule is CN1C(=O)c2ccccc2C(C(=O)N2CCC(Cc3ccccc3)CC2)C1c1c[nH]c2ccccc12. The number of nitrogens with zero attached hydrogens (tertiary/aromatic N) is 2. The number of likely N-dealkylation sites (tertiary alicyclic amines) is 1. The van der Waals surface area contributed by atoms with Gasteiger partial charge < -0.3 is 14.8 Å². The van der Waals surface area contributed by atoms with Gasteiger partial charge in [0, 0.05) is 48.4 Å². The van der Waals surface area contributed by atoms with Crippen LogP contribution in [0.4, 0.5) is 0 Å². The molecule has 6 rings (SSSR count). The van der Waals surface area contributed by atoms with E-state index >= 15 is 0 Å². The topological polar surface area (TPSA) is 56.4 Å². The van der Waals surface area contributed by atoms with Crippen LogP contribution in [0.2, 0.25) is 0 Å². The number of aromatic nitrogens is 1. The number of nitrogens with one attached hydrogen (secondary N) is 1. The molecule has 0 saturated carbocycles. The zero-order valence-electron chi connectivity index (χ0n) is 20.6. The molecule has 1 N–H and O–H groups in total. The minimum Gasteiger partial charge on any atom is -0.361 e. The second-order valence-corrected chi connectivity index (χ2v) is 10.2. The number of H-pyrrole nitrogens is 1. The van der Waals surface area contributed by atoms with Crippen LogP contribution in [0.3, 0.4) is 0 Å². The van der Waals surface area contributed by atoms with Crippen molar-refractivity contribution in [2.45, 2.75) is 31.2 Å². The lowest BCUT2D eigenvalue weighted by molar-refractivity contribution is -0.135. The minimum absolute atomic E-state index is 0.0356. The maximum absolute atomic E-state index is 14.3. The van der Waals surface area contributed by atoms with Crippen LogP contribution in [0.5, 0.6) is 0 Å². The van der Waals surface area contributed by atoms with Gasteiger partial charge in [0.1, 0.15) is 0 Å². The zero-order chi connectivity index (χ0) is 24.6. The Bertz CT molecular complexity index is 1400. The summed E-state index contributed by atoms with van der Waals surface area (Å²) in [5.41, 5.74) is 4.84. The Morgan fingerprint density at radius 2 is 1.58 bits per heavy atom. The number of rotatable bonds is 4. The van der Waals surface area contributed by atoms with Gasteiger partial charge in [-0.1, -0.05) is 66.7 Å². The third-order valence-electron chi connectivity index (χ3n) is 8.08. The number of hydrogen-bond donors (Lipinski definition) is 1. The Morgan fingerprint density at radius 3 is 2.39 bits per heavy atom. The van der Waals surface area contributed by atoms with Crippen LogP contribution >= 0.6 is 0 Å². The highest BCUT2D eigenvalue weighted by molar-refractivity contribution is 6.02. The first-order chi connectivity index (χ1) is 17.6. The quantitative estimate of drug-likeness (QED) is 0.418. The number of benzene rings is 3. The molecule has 3 aromatic carbocycles. The summed E-state index contributed by atoms with van der Waals surface area (Å²) in [6.07, 6.45) is 5.03. The van der Waals surface area contributed by atoms with E-state index in [1.54, 1.807) is 4.90 Å². The molecule has 2 amide bonds. The van der Waals surface area contributed by atoms with Gasteiger partial charge in [-0.2, -0.15) is 0 Å². The number of fused-ring (bicyclic) bond motifs is 2. The summed E-state index contributed by atoms with van der Waals surface area (Å²) in [5.74, 6) is 0.235. The van der Waals surface area contributed by atoms with Crippen molar-refractivity contribution in [1.82, 2.24) is 14.8 Å². The van der Waals surface area contributed by atoms with Crippen molar-refractivity contribution in [2.24, 2.45) is 5.92 Å². The lowest BCUT2D eigenvalue weighted by atomic mass is 9.78. The summed E-state index contributed by atoms with van der Waals surface area (Å²) in [6, 6.07) is 26.0. The molecule has 5 nitrogen and oxygen atoms in total. The molecule has 36 heavy (non-hydrogen) atoms. The van der Waals surface area contributed by atoms with Crippen molar-refractivity contribution < 1.29 is 9.59 Å². The van der Waals surface area contributed by atoms with Crippen molar-refractivity contribution in [3.05, 3.63) is 107 Å². The van der Waals surface area contributed by atoms with Crippen LogP contribution in [-0.2, 0) is 11.2 Å². The molecule has 2 atom stereocenters. The molecule has 0 aliphatic carbocycles. The molecule has 1 fully saturated rings. The predicted octanol–water partition coefficient (Wildman–Crippen LogP) is 5.56. The van der Waals surface area contributed by atoms with E-state index in [0.29, 0.717) is 11.5 Å². The highest BCUT2D eigenvalue weighted by atomic mass is 16.2. The van der Waals surface area contributed by atoms with Crippen LogP contribution in [0, 0.1) is 5.92 Å². The van der Waals surface area contributed by atoms with Crippen molar-refractivity contribution in [3.63, 3.8) is 0 Å². The number of likely N-dealkylation sites (N-methyl/N-ethyl adjacent to an activating group) is 1. The van der Waals surface area contributed by atoms with Crippen LogP contribution in [0.25, 0.3) is 10.9 Å². The van der Waals surface area contributed by atoms with Gasteiger partial charge in [-0.05, 0) is 48.4 Å². The van der Waals surface area contributed by atoms with Crippen LogP contribution in [0.15, 0.2) is 85.1 Å². The van der Waals surface area contributed by atoms with E-state index in [1.165, 1.54) is 5.56 Å². The predicted molar refractivity (Wildman–Crippen MR) is 142 cm³/mol. The molecule has 0 radical (unpaired) electrons. The fourth-order valence-electron chi connectivity index (χ4n) is 6.17. The maximum atomic E-state index is 14.3. The zero-order valence-corrected chi connectivity index (χ0v) is 20.6. The summed E-state index contributed by atoms with van der Waals surface area (Å²) < 4.78 is 0. The van der Waals surface area contributed by atoms with Crippen LogP contribution in [-0.4, -0.2) is 46.7 Å². The Hall–Kier alpha value is -3.86. The number of hydrogen-bond acceptors (Lipinski definition) is 2. The van der Waals surface area contributed by atoms with Gasteiger partial charge >= 0.3 is 0 Å². The molecule has 3 heterocycles. The number of amides is 2. The Kier molecular flexibility index (Phi) is 5.84. The van der Waals surface area contributed by atoms with E-state index in [2.05, 4.69) is 41.4 Å². The van der Waals surface area contributed by atoms with Crippen LogP contribution in [0.1, 0.15) is 51.8 Å². The van der Waals surface area contributed by atoms with Crippen molar-refractivity contribution in [2.75, 3.05) is 20.1 Å². The summed E-state index contributed by atoms with van der Waals surface area (Å²) >= 11 is 0. The molecule has 2 aliphatic heterocycles. The molecular weight excluding hydrogens is 446 g/mol. The van der Waals surface area contributed by atoms with Crippen molar-refractivity contribution in [3.8, 4) is 0 Å². The molecule has 0 spiro atoms. The lowest BCUT2D eigenvalue weighted by Gasteiger charge is -2.42. The third kappa shape index (κ3) is 3.89. The Morgan fingerprint density at radius 1 is 0.889 bits per heavy atom. The van der Waals surface area contributed by atoms with Crippen molar-refractivity contribution >= 4 is 22.7 Å². The number of piperidine rings is 1. The maximum Gasteiger partial charge on any atom is 0.254 e. The largest absolute Gasteiger partial charge is 0.361 e. The highest BCUT2D eigenvalue weighted by Gasteiger charge is 2.45. The van der Waals surface area contributed by atoms with Gasteiger partial charge in [-0.15, -0.1) is 0 Å². The average Bonchev–Trinajstić information content (AvgIpc) is 3.35. The van der Waals surface area contributed by atoms with E-state index in [9.17, 15) is 9.59 Å². The smallest absolute Gasteiger partial charge is 0.254 e. The van der Waals surface area contributed by atoms with E-state index in [0.717, 1.165) is 54.4 Å². The fraction of sp³-hybridized carbons (Fsp3) is 0.290. The summed E-state index contributed by atoms with van der Waals surface area (Å²) in [4.78, 5) is 34.8. The van der Waals surface area contributed by atoms with E-state index < -0.39 is 5.92 Å². The normalized spacial score (nSPS) is 20.5. The standard InChI is InChI=1S/C31H31N3O2/c1-33-29(26-20-32-27-14-8-7-11-23(26)27)28(24-12-5-6-13-25(24)30(33)35)31(36)34-17-15-22(16-18-34)19-21-9-3-2-4-10-21/h2-14,20,22,28-29,32H,15-19H2,1H3. The van der Waals surface area contributed by atoms with Crippen LogP contribution < -0.4 is 0 Å². The molecule has 2 unspecified atom stereocenters. The second kappa shape index (κ2) is 9.30.